The van der Waals surface area contributed by atoms with E-state index in [-0.39, 0.29) is 0 Å². The Balaban J connectivity index is 1.87. The van der Waals surface area contributed by atoms with Gasteiger partial charge in [0.2, 0.25) is 0 Å². The van der Waals surface area contributed by atoms with Crippen LogP contribution in [0, 0.1) is 5.92 Å². The fourth-order valence-corrected chi connectivity index (χ4v) is 4.33. The minimum Gasteiger partial charge on any atom is -0.478 e. The number of aromatic carboxylic acids is 1. The van der Waals surface area contributed by atoms with Gasteiger partial charge in [-0.25, -0.2) is 4.79 Å². The van der Waals surface area contributed by atoms with Gasteiger partial charge in [0.25, 0.3) is 0 Å². The van der Waals surface area contributed by atoms with Crippen LogP contribution in [0.5, 0.6) is 0 Å². The van der Waals surface area contributed by atoms with Crippen LogP contribution in [-0.2, 0) is 0 Å². The molecule has 15 heavy (non-hydrogen) atoms. The maximum absolute atomic E-state index is 11.0. The smallest absolute Gasteiger partial charge is 0.336 e. The summed E-state index contributed by atoms with van der Waals surface area (Å²) in [4.78, 5) is 11.9. The Bertz CT molecular complexity index is 410. The Hall–Kier alpha value is -0.960. The van der Waals surface area contributed by atoms with Crippen molar-refractivity contribution >= 4 is 17.7 Å². The van der Waals surface area contributed by atoms with Crippen LogP contribution in [0.25, 0.3) is 0 Å². The fourth-order valence-electron chi connectivity index (χ4n) is 2.49. The Labute approximate surface area is 92.7 Å². The molecule has 78 valence electrons. The van der Waals surface area contributed by atoms with Gasteiger partial charge in [-0.15, -0.1) is 11.8 Å². The molecule has 3 fully saturated rings. The molecule has 0 aromatic heterocycles. The van der Waals surface area contributed by atoms with Crippen molar-refractivity contribution < 1.29 is 9.90 Å². The number of thioether (sulfide) groups is 1. The molecule has 3 aliphatic rings. The lowest BCUT2D eigenvalue weighted by Crippen LogP contribution is -2.55. The molecule has 3 saturated carbocycles. The number of carboxylic acids is 1. The first-order valence-corrected chi connectivity index (χ1v) is 6.02. The normalized spacial score (nSPS) is 31.6. The number of carbonyl (C=O) groups is 1. The first kappa shape index (κ1) is 9.28. The lowest BCUT2D eigenvalue weighted by molar-refractivity contribution is 0.0579. The molecule has 1 aromatic rings. The Kier molecular flexibility index (Phi) is 1.87. The van der Waals surface area contributed by atoms with Gasteiger partial charge in [-0.3, -0.25) is 0 Å². The molecule has 0 heterocycles. The fraction of sp³-hybridized carbons (Fsp3) is 0.417. The zero-order chi connectivity index (χ0) is 10.5. The van der Waals surface area contributed by atoms with Crippen molar-refractivity contribution in [2.24, 2.45) is 5.92 Å². The Morgan fingerprint density at radius 3 is 2.53 bits per heavy atom. The summed E-state index contributed by atoms with van der Waals surface area (Å²) >= 11 is 1.77. The third-order valence-electron chi connectivity index (χ3n) is 3.43. The van der Waals surface area contributed by atoms with Crippen molar-refractivity contribution in [1.29, 1.82) is 0 Å². The highest BCUT2D eigenvalue weighted by Gasteiger charge is 2.57. The molecule has 2 bridgehead atoms. The lowest BCUT2D eigenvalue weighted by Gasteiger charge is -2.61. The number of benzene rings is 1. The Morgan fingerprint density at radius 2 is 2.00 bits per heavy atom. The minimum absolute atomic E-state index is 0.399. The number of hydrogen-bond donors (Lipinski definition) is 1. The topological polar surface area (TPSA) is 37.3 Å². The molecule has 0 radical (unpaired) electrons. The largest absolute Gasteiger partial charge is 0.478 e. The van der Waals surface area contributed by atoms with Crippen LogP contribution in [0.2, 0.25) is 0 Å². The van der Waals surface area contributed by atoms with E-state index in [4.69, 9.17) is 5.11 Å². The van der Waals surface area contributed by atoms with E-state index in [9.17, 15) is 4.79 Å². The van der Waals surface area contributed by atoms with Gasteiger partial charge in [-0.1, -0.05) is 12.1 Å². The first-order valence-electron chi connectivity index (χ1n) is 5.20. The third kappa shape index (κ3) is 1.37. The summed E-state index contributed by atoms with van der Waals surface area (Å²) < 4.78 is 0.399. The van der Waals surface area contributed by atoms with Gasteiger partial charge in [0.1, 0.15) is 0 Å². The quantitative estimate of drug-likeness (QED) is 0.850. The molecular weight excluding hydrogens is 208 g/mol. The van der Waals surface area contributed by atoms with Gasteiger partial charge in [-0.05, 0) is 37.3 Å². The highest BCUT2D eigenvalue weighted by atomic mass is 32.2. The predicted octanol–water partition coefficient (Wildman–Crippen LogP) is 3.03. The van der Waals surface area contributed by atoms with E-state index in [1.807, 2.05) is 12.1 Å². The summed E-state index contributed by atoms with van der Waals surface area (Å²) in [5, 5.41) is 9.05. The van der Waals surface area contributed by atoms with E-state index in [0.717, 1.165) is 10.8 Å². The van der Waals surface area contributed by atoms with Crippen LogP contribution in [0.1, 0.15) is 29.6 Å². The van der Waals surface area contributed by atoms with E-state index in [0.29, 0.717) is 10.3 Å². The summed E-state index contributed by atoms with van der Waals surface area (Å²) in [6, 6.07) is 7.32. The van der Waals surface area contributed by atoms with Crippen LogP contribution >= 0.6 is 11.8 Å². The molecule has 1 aromatic carbocycles. The van der Waals surface area contributed by atoms with Gasteiger partial charge in [-0.2, -0.15) is 0 Å². The van der Waals surface area contributed by atoms with Crippen LogP contribution < -0.4 is 0 Å². The van der Waals surface area contributed by atoms with Crippen molar-refractivity contribution in [3.63, 3.8) is 0 Å². The van der Waals surface area contributed by atoms with E-state index in [1.54, 1.807) is 23.9 Å². The molecule has 0 aliphatic heterocycles. The zero-order valence-corrected chi connectivity index (χ0v) is 9.09. The van der Waals surface area contributed by atoms with Gasteiger partial charge in [0.05, 0.1) is 5.56 Å². The average molecular weight is 220 g/mol. The third-order valence-corrected chi connectivity index (χ3v) is 4.93. The molecule has 4 rings (SSSR count). The summed E-state index contributed by atoms with van der Waals surface area (Å²) in [5.74, 6) is 0.124. The number of rotatable bonds is 3. The number of carboxylic acid groups (broad SMARTS) is 1. The van der Waals surface area contributed by atoms with Crippen LogP contribution in [0.3, 0.4) is 0 Å². The van der Waals surface area contributed by atoms with Gasteiger partial charge in [0, 0.05) is 9.64 Å². The second-order valence-electron chi connectivity index (χ2n) is 4.56. The van der Waals surface area contributed by atoms with Crippen molar-refractivity contribution in [2.45, 2.75) is 28.9 Å². The zero-order valence-electron chi connectivity index (χ0n) is 8.27. The second-order valence-corrected chi connectivity index (χ2v) is 6.07. The van der Waals surface area contributed by atoms with E-state index >= 15 is 0 Å². The van der Waals surface area contributed by atoms with Crippen LogP contribution in [0.4, 0.5) is 0 Å². The molecule has 1 N–H and O–H groups in total. The Morgan fingerprint density at radius 1 is 1.33 bits per heavy atom. The van der Waals surface area contributed by atoms with Gasteiger partial charge >= 0.3 is 5.97 Å². The summed E-state index contributed by atoms with van der Waals surface area (Å²) in [6.45, 7) is 0. The SMILES string of the molecule is O=C(O)c1ccccc1SC12CC(C1)C2. The molecule has 0 spiro atoms. The highest BCUT2D eigenvalue weighted by molar-refractivity contribution is 8.01. The van der Waals surface area contributed by atoms with Crippen LogP contribution in [-0.4, -0.2) is 15.8 Å². The summed E-state index contributed by atoms with van der Waals surface area (Å²) in [5.41, 5.74) is 0.451. The molecule has 3 heteroatoms. The molecule has 0 saturated heterocycles. The maximum atomic E-state index is 11.0. The van der Waals surface area contributed by atoms with Crippen molar-refractivity contribution in [2.75, 3.05) is 0 Å². The predicted molar refractivity (Wildman–Crippen MR) is 59.3 cm³/mol. The van der Waals surface area contributed by atoms with Gasteiger partial charge < -0.3 is 5.11 Å². The van der Waals surface area contributed by atoms with Gasteiger partial charge in [0.15, 0.2) is 0 Å². The maximum Gasteiger partial charge on any atom is 0.336 e. The molecule has 0 amide bonds. The first-order chi connectivity index (χ1) is 7.19. The second kappa shape index (κ2) is 3.01. The molecule has 2 nitrogen and oxygen atoms in total. The molecule has 3 aliphatic carbocycles. The van der Waals surface area contributed by atoms with Crippen molar-refractivity contribution in [3.8, 4) is 0 Å². The summed E-state index contributed by atoms with van der Waals surface area (Å²) in [7, 11) is 0. The van der Waals surface area contributed by atoms with E-state index in [1.165, 1.54) is 19.3 Å². The summed E-state index contributed by atoms with van der Waals surface area (Å²) in [6.07, 6.45) is 3.85. The molecule has 0 atom stereocenters. The van der Waals surface area contributed by atoms with E-state index < -0.39 is 5.97 Å². The molecular formula is C12H12O2S. The van der Waals surface area contributed by atoms with Crippen molar-refractivity contribution in [3.05, 3.63) is 29.8 Å². The standard InChI is InChI=1S/C12H12O2S/c13-11(14)9-3-1-2-4-10(9)15-12-5-8(6-12)7-12/h1-4,8H,5-7H2,(H,13,14). The monoisotopic (exact) mass is 220 g/mol. The average Bonchev–Trinajstić information content (AvgIpc) is 2.10. The molecule has 0 unspecified atom stereocenters. The lowest BCUT2D eigenvalue weighted by atomic mass is 9.55. The van der Waals surface area contributed by atoms with Crippen molar-refractivity contribution in [1.82, 2.24) is 0 Å². The van der Waals surface area contributed by atoms with Crippen LogP contribution in [0.15, 0.2) is 29.2 Å². The number of hydrogen-bond acceptors (Lipinski definition) is 2. The minimum atomic E-state index is -0.815. The van der Waals surface area contributed by atoms with E-state index in [2.05, 4.69) is 0 Å². The highest BCUT2D eigenvalue weighted by Crippen LogP contribution is 2.66.